The van der Waals surface area contributed by atoms with E-state index >= 15 is 0 Å². The third kappa shape index (κ3) is 1.11. The molecule has 0 radical (unpaired) electrons. The second-order valence-electron chi connectivity index (χ2n) is 3.71. The number of amides is 1. The highest BCUT2D eigenvalue weighted by atomic mass is 16.5. The van der Waals surface area contributed by atoms with Crippen LogP contribution in [0.25, 0.3) is 0 Å². The molecule has 4 nitrogen and oxygen atoms in total. The van der Waals surface area contributed by atoms with Crippen LogP contribution in [0.15, 0.2) is 0 Å². The average molecular weight is 170 g/mol. The molecule has 68 valence electrons. The molecule has 1 aliphatic carbocycles. The van der Waals surface area contributed by atoms with E-state index in [0.717, 1.165) is 12.8 Å². The second kappa shape index (κ2) is 2.71. The lowest BCUT2D eigenvalue weighted by Gasteiger charge is -2.44. The summed E-state index contributed by atoms with van der Waals surface area (Å²) in [6, 6.07) is 0.487. The molecule has 1 amide bonds. The van der Waals surface area contributed by atoms with E-state index in [1.165, 1.54) is 6.42 Å². The van der Waals surface area contributed by atoms with Crippen molar-refractivity contribution in [2.75, 3.05) is 13.2 Å². The molecule has 1 aliphatic heterocycles. The summed E-state index contributed by atoms with van der Waals surface area (Å²) in [5, 5.41) is 3.27. The van der Waals surface area contributed by atoms with E-state index in [1.807, 2.05) is 0 Å². The van der Waals surface area contributed by atoms with Crippen molar-refractivity contribution in [2.24, 2.45) is 5.73 Å². The zero-order valence-electron chi connectivity index (χ0n) is 7.01. The van der Waals surface area contributed by atoms with Gasteiger partial charge in [0.05, 0.1) is 13.2 Å². The number of ether oxygens (including phenoxy) is 1. The van der Waals surface area contributed by atoms with E-state index in [1.54, 1.807) is 0 Å². The Morgan fingerprint density at radius 3 is 2.42 bits per heavy atom. The quantitative estimate of drug-likeness (QED) is 0.593. The van der Waals surface area contributed by atoms with Gasteiger partial charge < -0.3 is 10.5 Å². The number of primary amides is 1. The second-order valence-corrected chi connectivity index (χ2v) is 3.71. The molecule has 0 aromatic carbocycles. The van der Waals surface area contributed by atoms with Crippen LogP contribution in [0.4, 0.5) is 0 Å². The van der Waals surface area contributed by atoms with Gasteiger partial charge in [-0.25, -0.2) is 0 Å². The van der Waals surface area contributed by atoms with Crippen molar-refractivity contribution in [1.29, 1.82) is 0 Å². The summed E-state index contributed by atoms with van der Waals surface area (Å²) < 4.78 is 5.01. The molecule has 0 unspecified atom stereocenters. The first-order chi connectivity index (χ1) is 5.73. The SMILES string of the molecule is NC(=O)C1(NC2CCC2)COC1. The summed E-state index contributed by atoms with van der Waals surface area (Å²) in [5.74, 6) is -0.277. The first-order valence-corrected chi connectivity index (χ1v) is 4.38. The zero-order valence-corrected chi connectivity index (χ0v) is 7.01. The number of rotatable bonds is 3. The monoisotopic (exact) mass is 170 g/mol. The number of nitrogens with two attached hydrogens (primary N) is 1. The van der Waals surface area contributed by atoms with Crippen molar-refractivity contribution >= 4 is 5.91 Å². The van der Waals surface area contributed by atoms with Gasteiger partial charge in [0.15, 0.2) is 0 Å². The number of carbonyl (C=O) groups is 1. The third-order valence-corrected chi connectivity index (χ3v) is 2.75. The van der Waals surface area contributed by atoms with Crippen molar-refractivity contribution in [3.05, 3.63) is 0 Å². The third-order valence-electron chi connectivity index (χ3n) is 2.75. The van der Waals surface area contributed by atoms with Gasteiger partial charge in [0.2, 0.25) is 5.91 Å². The van der Waals surface area contributed by atoms with Gasteiger partial charge in [0.25, 0.3) is 0 Å². The van der Waals surface area contributed by atoms with E-state index in [4.69, 9.17) is 10.5 Å². The smallest absolute Gasteiger partial charge is 0.242 e. The summed E-state index contributed by atoms with van der Waals surface area (Å²) in [5.41, 5.74) is 4.74. The molecule has 4 heteroatoms. The summed E-state index contributed by atoms with van der Waals surface area (Å²) in [4.78, 5) is 11.1. The largest absolute Gasteiger partial charge is 0.376 e. The average Bonchev–Trinajstić information content (AvgIpc) is 1.80. The first-order valence-electron chi connectivity index (χ1n) is 4.38. The van der Waals surface area contributed by atoms with Crippen LogP contribution >= 0.6 is 0 Å². The summed E-state index contributed by atoms with van der Waals surface area (Å²) >= 11 is 0. The summed E-state index contributed by atoms with van der Waals surface area (Å²) in [6.07, 6.45) is 3.58. The molecule has 2 rings (SSSR count). The minimum absolute atomic E-state index is 0.277. The zero-order chi connectivity index (χ0) is 8.60. The molecule has 3 N–H and O–H groups in total. The van der Waals surface area contributed by atoms with Crippen molar-refractivity contribution in [3.8, 4) is 0 Å². The van der Waals surface area contributed by atoms with Gasteiger partial charge in [-0.2, -0.15) is 0 Å². The van der Waals surface area contributed by atoms with Gasteiger partial charge in [0.1, 0.15) is 5.54 Å². The molecule has 0 spiro atoms. The van der Waals surface area contributed by atoms with E-state index in [-0.39, 0.29) is 5.91 Å². The number of carbonyl (C=O) groups excluding carboxylic acids is 1. The fourth-order valence-electron chi connectivity index (χ4n) is 1.55. The number of nitrogens with one attached hydrogen (secondary N) is 1. The molecule has 1 saturated heterocycles. The molecule has 1 saturated carbocycles. The van der Waals surface area contributed by atoms with Gasteiger partial charge in [-0.05, 0) is 12.8 Å². The van der Waals surface area contributed by atoms with Crippen LogP contribution in [0.3, 0.4) is 0 Å². The van der Waals surface area contributed by atoms with Crippen molar-refractivity contribution in [2.45, 2.75) is 30.8 Å². The molecule has 0 aromatic heterocycles. The molecular weight excluding hydrogens is 156 g/mol. The fraction of sp³-hybridized carbons (Fsp3) is 0.875. The summed E-state index contributed by atoms with van der Waals surface area (Å²) in [7, 11) is 0. The standard InChI is InChI=1S/C8H14N2O2/c9-7(11)8(4-12-5-8)10-6-2-1-3-6/h6,10H,1-5H2,(H2,9,11). The van der Waals surface area contributed by atoms with Crippen molar-refractivity contribution < 1.29 is 9.53 Å². The molecule has 2 aliphatic rings. The number of hydrogen-bond donors (Lipinski definition) is 2. The molecule has 0 atom stereocenters. The predicted molar refractivity (Wildman–Crippen MR) is 43.5 cm³/mol. The Morgan fingerprint density at radius 2 is 2.17 bits per heavy atom. The first kappa shape index (κ1) is 8.01. The molecular formula is C8H14N2O2. The van der Waals surface area contributed by atoms with Gasteiger partial charge in [0, 0.05) is 6.04 Å². The van der Waals surface area contributed by atoms with Crippen molar-refractivity contribution in [1.82, 2.24) is 5.32 Å². The van der Waals surface area contributed by atoms with Crippen LogP contribution in [-0.4, -0.2) is 30.7 Å². The highest BCUT2D eigenvalue weighted by Gasteiger charge is 2.46. The minimum atomic E-state index is -0.537. The Balaban J connectivity index is 1.92. The van der Waals surface area contributed by atoms with Crippen LogP contribution < -0.4 is 11.1 Å². The minimum Gasteiger partial charge on any atom is -0.376 e. The molecule has 0 aromatic rings. The predicted octanol–water partition coefficient (Wildman–Crippen LogP) is -0.617. The van der Waals surface area contributed by atoms with Gasteiger partial charge in [-0.1, -0.05) is 6.42 Å². The fourth-order valence-corrected chi connectivity index (χ4v) is 1.55. The Kier molecular flexibility index (Phi) is 1.81. The maximum atomic E-state index is 11.1. The van der Waals surface area contributed by atoms with Crippen LogP contribution in [-0.2, 0) is 9.53 Å². The van der Waals surface area contributed by atoms with Gasteiger partial charge in [-0.15, -0.1) is 0 Å². The van der Waals surface area contributed by atoms with E-state index < -0.39 is 5.54 Å². The van der Waals surface area contributed by atoms with Crippen LogP contribution in [0, 0.1) is 0 Å². The maximum Gasteiger partial charge on any atom is 0.242 e. The maximum absolute atomic E-state index is 11.1. The van der Waals surface area contributed by atoms with E-state index in [0.29, 0.717) is 19.3 Å². The Labute approximate surface area is 71.4 Å². The van der Waals surface area contributed by atoms with Gasteiger partial charge in [-0.3, -0.25) is 10.1 Å². The molecule has 0 bridgehead atoms. The Morgan fingerprint density at radius 1 is 1.50 bits per heavy atom. The highest BCUT2D eigenvalue weighted by molar-refractivity contribution is 5.86. The number of hydrogen-bond acceptors (Lipinski definition) is 3. The van der Waals surface area contributed by atoms with Crippen LogP contribution in [0.5, 0.6) is 0 Å². The van der Waals surface area contributed by atoms with E-state index in [2.05, 4.69) is 5.32 Å². The lowest BCUT2D eigenvalue weighted by atomic mass is 9.87. The van der Waals surface area contributed by atoms with Crippen LogP contribution in [0.2, 0.25) is 0 Å². The van der Waals surface area contributed by atoms with Crippen LogP contribution in [0.1, 0.15) is 19.3 Å². The van der Waals surface area contributed by atoms with E-state index in [9.17, 15) is 4.79 Å². The van der Waals surface area contributed by atoms with Crippen molar-refractivity contribution in [3.63, 3.8) is 0 Å². The molecule has 2 fully saturated rings. The van der Waals surface area contributed by atoms with Gasteiger partial charge >= 0.3 is 0 Å². The topological polar surface area (TPSA) is 64.4 Å². The Hall–Kier alpha value is -0.610. The molecule has 1 heterocycles. The normalized spacial score (nSPS) is 27.3. The lowest BCUT2D eigenvalue weighted by Crippen LogP contribution is -2.70. The summed E-state index contributed by atoms with van der Waals surface area (Å²) in [6.45, 7) is 0.887. The Bertz CT molecular complexity index is 197. The highest BCUT2D eigenvalue weighted by Crippen LogP contribution is 2.24. The lowest BCUT2D eigenvalue weighted by molar-refractivity contribution is -0.146. The molecule has 12 heavy (non-hydrogen) atoms.